The highest BCUT2D eigenvalue weighted by Gasteiger charge is 2.41. The number of rotatable bonds is 6. The highest BCUT2D eigenvalue weighted by Crippen LogP contribution is 2.50. The molecular formula is C34H17Cl2F9O3. The zero-order valence-corrected chi connectivity index (χ0v) is 25.4. The fraction of sp³-hybridized carbons (Fsp3) is 0.176. The summed E-state index contributed by atoms with van der Waals surface area (Å²) in [5, 5.41) is -1.95. The molecule has 48 heavy (non-hydrogen) atoms. The van der Waals surface area contributed by atoms with Crippen LogP contribution in [0.2, 0.25) is 10.0 Å². The lowest BCUT2D eigenvalue weighted by atomic mass is 9.83. The number of halogens is 11. The van der Waals surface area contributed by atoms with Crippen molar-refractivity contribution < 1.29 is 53.8 Å². The maximum Gasteiger partial charge on any atom is 0.417 e. The van der Waals surface area contributed by atoms with Crippen molar-refractivity contribution in [1.82, 2.24) is 0 Å². The molecule has 0 saturated heterocycles. The number of hydrogen-bond acceptors (Lipinski definition) is 3. The predicted octanol–water partition coefficient (Wildman–Crippen LogP) is 11.8. The molecule has 0 N–H and O–H groups in total. The highest BCUT2D eigenvalue weighted by atomic mass is 35.5. The SMILES string of the molecule is O=Cc1c(Cl)cc(OC(=O)CCCc2ccc3c4ccc(C(F)(F)F)c5c(C(F)(F)F)ccc(c6ccc(C(F)(F)F)c2c36)c54)cc1Cl. The summed E-state index contributed by atoms with van der Waals surface area (Å²) in [4.78, 5) is 23.6. The first-order valence-corrected chi connectivity index (χ1v) is 14.7. The van der Waals surface area contributed by atoms with Gasteiger partial charge in [-0.25, -0.2) is 0 Å². The molecular weight excluding hydrogens is 698 g/mol. The molecule has 0 amide bonds. The van der Waals surface area contributed by atoms with Crippen LogP contribution in [-0.4, -0.2) is 12.3 Å². The number of hydrogen-bond donors (Lipinski definition) is 0. The molecule has 0 heterocycles. The molecule has 0 aliphatic carbocycles. The summed E-state index contributed by atoms with van der Waals surface area (Å²) >= 11 is 11.9. The second-order valence-electron chi connectivity index (χ2n) is 11.0. The average molecular weight is 715 g/mol. The topological polar surface area (TPSA) is 43.4 Å². The van der Waals surface area contributed by atoms with E-state index >= 15 is 0 Å². The van der Waals surface area contributed by atoms with Crippen molar-refractivity contribution in [3.05, 3.63) is 98.5 Å². The number of ether oxygens (including phenoxy) is 1. The largest absolute Gasteiger partial charge is 0.426 e. The van der Waals surface area contributed by atoms with E-state index in [1.165, 1.54) is 24.3 Å². The molecule has 6 aromatic carbocycles. The Kier molecular flexibility index (Phi) is 8.19. The second-order valence-corrected chi connectivity index (χ2v) is 11.8. The van der Waals surface area contributed by atoms with Gasteiger partial charge in [-0.15, -0.1) is 0 Å². The summed E-state index contributed by atoms with van der Waals surface area (Å²) in [6, 6.07) is 9.85. The Bertz CT molecular complexity index is 2180. The first-order valence-electron chi connectivity index (χ1n) is 14.0. The fourth-order valence-corrected chi connectivity index (χ4v) is 6.77. The molecule has 0 aliphatic heterocycles. The average Bonchev–Trinajstić information content (AvgIpc) is 2.97. The Balaban J connectivity index is 1.48. The van der Waals surface area contributed by atoms with Crippen LogP contribution in [0.4, 0.5) is 39.5 Å². The standard InChI is InChI=1S/C34H17Cl2F9O3/c35-25-12-16(13-26(36)21(25)14-46)48-27(47)3-1-2-15-4-5-17-19-7-10-23(33(40,41)42)31-24(34(43,44)45)11-8-20(30(19)31)18-6-9-22(32(37,38)39)28(15)29(17)18/h4-14H,1-3H2. The Hall–Kier alpha value is -4.29. The number of benzene rings is 6. The number of aldehydes is 1. The Morgan fingerprint density at radius 3 is 1.48 bits per heavy atom. The molecule has 0 spiro atoms. The van der Waals surface area contributed by atoms with Crippen molar-refractivity contribution in [3.63, 3.8) is 0 Å². The lowest BCUT2D eigenvalue weighted by Crippen LogP contribution is -2.12. The van der Waals surface area contributed by atoms with E-state index in [4.69, 9.17) is 27.9 Å². The van der Waals surface area contributed by atoms with Crippen LogP contribution in [0.5, 0.6) is 5.75 Å². The van der Waals surface area contributed by atoms with E-state index < -0.39 is 46.6 Å². The normalized spacial score (nSPS) is 12.9. The molecule has 0 aromatic heterocycles. The first kappa shape index (κ1) is 33.6. The zero-order valence-electron chi connectivity index (χ0n) is 23.9. The molecule has 0 aliphatic rings. The molecule has 6 aromatic rings. The van der Waals surface area contributed by atoms with Crippen molar-refractivity contribution in [2.45, 2.75) is 37.8 Å². The van der Waals surface area contributed by atoms with Crippen LogP contribution in [0, 0.1) is 0 Å². The minimum atomic E-state index is -5.16. The van der Waals surface area contributed by atoms with Gasteiger partial charge in [-0.3, -0.25) is 9.59 Å². The highest BCUT2D eigenvalue weighted by molar-refractivity contribution is 6.38. The number of esters is 1. The number of aryl methyl sites for hydroxylation is 1. The molecule has 0 radical (unpaired) electrons. The third-order valence-corrected chi connectivity index (χ3v) is 8.76. The lowest BCUT2D eigenvalue weighted by Gasteiger charge is -2.23. The van der Waals surface area contributed by atoms with E-state index in [-0.39, 0.29) is 83.9 Å². The van der Waals surface area contributed by atoms with Crippen molar-refractivity contribution in [2.24, 2.45) is 0 Å². The molecule has 0 saturated carbocycles. The summed E-state index contributed by atoms with van der Waals surface area (Å²) in [7, 11) is 0. The van der Waals surface area contributed by atoms with Crippen LogP contribution in [-0.2, 0) is 29.7 Å². The summed E-state index contributed by atoms with van der Waals surface area (Å²) in [5.41, 5.74) is -3.96. The number of carbonyl (C=O) groups excluding carboxylic acids is 2. The maximum atomic E-state index is 14.4. The second kappa shape index (κ2) is 11.7. The van der Waals surface area contributed by atoms with Crippen LogP contribution in [0.15, 0.2) is 60.7 Å². The van der Waals surface area contributed by atoms with E-state index in [9.17, 15) is 49.1 Å². The van der Waals surface area contributed by atoms with Gasteiger partial charge in [0.05, 0.1) is 32.3 Å². The summed E-state index contributed by atoms with van der Waals surface area (Å²) in [6.07, 6.45) is -15.1. The van der Waals surface area contributed by atoms with E-state index in [0.717, 1.165) is 24.3 Å². The first-order chi connectivity index (χ1) is 22.4. The van der Waals surface area contributed by atoms with Gasteiger partial charge in [0.15, 0.2) is 6.29 Å². The lowest BCUT2D eigenvalue weighted by molar-refractivity contribution is -0.140. The third kappa shape index (κ3) is 5.74. The van der Waals surface area contributed by atoms with Crippen molar-refractivity contribution in [1.29, 1.82) is 0 Å². The minimum Gasteiger partial charge on any atom is -0.426 e. The van der Waals surface area contributed by atoms with Gasteiger partial charge in [-0.05, 0) is 74.3 Å². The third-order valence-electron chi connectivity index (χ3n) is 8.13. The van der Waals surface area contributed by atoms with E-state index in [1.807, 2.05) is 0 Å². The van der Waals surface area contributed by atoms with Crippen LogP contribution >= 0.6 is 23.2 Å². The smallest absolute Gasteiger partial charge is 0.417 e. The molecule has 0 atom stereocenters. The van der Waals surface area contributed by atoms with E-state index in [2.05, 4.69) is 0 Å². The van der Waals surface area contributed by atoms with Crippen molar-refractivity contribution in [3.8, 4) is 5.75 Å². The summed E-state index contributed by atoms with van der Waals surface area (Å²) in [5.74, 6) is -0.835. The van der Waals surface area contributed by atoms with E-state index in [0.29, 0.717) is 18.4 Å². The van der Waals surface area contributed by atoms with E-state index in [1.54, 1.807) is 0 Å². The predicted molar refractivity (Wildman–Crippen MR) is 163 cm³/mol. The van der Waals surface area contributed by atoms with Crippen LogP contribution in [0.1, 0.15) is 45.5 Å². The molecule has 0 unspecified atom stereocenters. The van der Waals surface area contributed by atoms with Gasteiger partial charge in [-0.2, -0.15) is 39.5 Å². The van der Waals surface area contributed by atoms with Gasteiger partial charge in [0.2, 0.25) is 0 Å². The molecule has 0 bridgehead atoms. The van der Waals surface area contributed by atoms with Crippen molar-refractivity contribution >= 4 is 78.5 Å². The Labute approximate surface area is 274 Å². The monoisotopic (exact) mass is 714 g/mol. The number of fused-ring (bicyclic) bond motifs is 2. The number of carbonyl (C=O) groups is 2. The number of alkyl halides is 9. The Morgan fingerprint density at radius 1 is 0.625 bits per heavy atom. The van der Waals surface area contributed by atoms with Gasteiger partial charge in [-0.1, -0.05) is 53.5 Å². The minimum absolute atomic E-state index is 0.00125. The molecule has 6 rings (SSSR count). The van der Waals surface area contributed by atoms with Crippen LogP contribution in [0.25, 0.3) is 43.1 Å². The van der Waals surface area contributed by atoms with Gasteiger partial charge < -0.3 is 4.74 Å². The van der Waals surface area contributed by atoms with Gasteiger partial charge in [0.1, 0.15) is 5.75 Å². The van der Waals surface area contributed by atoms with Crippen LogP contribution < -0.4 is 4.74 Å². The summed E-state index contributed by atoms with van der Waals surface area (Å²) < 4.78 is 133. The zero-order chi connectivity index (χ0) is 34.9. The quantitative estimate of drug-likeness (QED) is 0.0431. The Morgan fingerprint density at radius 2 is 1.04 bits per heavy atom. The molecule has 3 nitrogen and oxygen atoms in total. The van der Waals surface area contributed by atoms with Gasteiger partial charge in [0, 0.05) is 23.9 Å². The maximum absolute atomic E-state index is 14.4. The molecule has 248 valence electrons. The fourth-order valence-electron chi connectivity index (χ4n) is 6.22. The molecule has 0 fully saturated rings. The molecule has 14 heteroatoms. The van der Waals surface area contributed by atoms with Gasteiger partial charge in [0.25, 0.3) is 0 Å². The van der Waals surface area contributed by atoms with Gasteiger partial charge >= 0.3 is 24.5 Å². The van der Waals surface area contributed by atoms with Crippen LogP contribution in [0.3, 0.4) is 0 Å². The summed E-state index contributed by atoms with van der Waals surface area (Å²) in [6.45, 7) is 0. The van der Waals surface area contributed by atoms with Crippen molar-refractivity contribution in [2.75, 3.05) is 0 Å².